The number of nitrogens with zero attached hydrogens (tertiary/aromatic N) is 2. The maximum atomic E-state index is 3.72. The zero-order chi connectivity index (χ0) is 12.4. The lowest BCUT2D eigenvalue weighted by atomic mass is 9.92. The van der Waals surface area contributed by atoms with Crippen molar-refractivity contribution < 1.29 is 0 Å². The smallest absolute Gasteiger partial charge is 0.0235 e. The molecule has 3 rings (SSSR count). The van der Waals surface area contributed by atoms with Crippen molar-refractivity contribution >= 4 is 0 Å². The van der Waals surface area contributed by atoms with Crippen molar-refractivity contribution in [3.63, 3.8) is 0 Å². The lowest BCUT2D eigenvalue weighted by molar-refractivity contribution is 0.194. The van der Waals surface area contributed by atoms with E-state index < -0.39 is 0 Å². The Morgan fingerprint density at radius 2 is 1.89 bits per heavy atom. The Hall–Kier alpha value is -0.120. The maximum absolute atomic E-state index is 3.72. The van der Waals surface area contributed by atoms with E-state index in [4.69, 9.17) is 0 Å². The molecule has 0 aromatic carbocycles. The van der Waals surface area contributed by atoms with Crippen LogP contribution >= 0.6 is 0 Å². The summed E-state index contributed by atoms with van der Waals surface area (Å²) in [6.07, 6.45) is 7.05. The summed E-state index contributed by atoms with van der Waals surface area (Å²) in [6, 6.07) is 1.61. The fraction of sp³-hybridized carbons (Fsp3) is 1.00. The molecule has 3 heterocycles. The van der Waals surface area contributed by atoms with E-state index in [9.17, 15) is 0 Å². The van der Waals surface area contributed by atoms with E-state index >= 15 is 0 Å². The molecule has 18 heavy (non-hydrogen) atoms. The van der Waals surface area contributed by atoms with Crippen molar-refractivity contribution in [1.82, 2.24) is 15.1 Å². The molecule has 3 atom stereocenters. The maximum Gasteiger partial charge on any atom is 0.0235 e. The first kappa shape index (κ1) is 12.9. The van der Waals surface area contributed by atoms with E-state index in [1.54, 1.807) is 0 Å². The average Bonchev–Trinajstić information content (AvgIpc) is 3.02. The highest BCUT2D eigenvalue weighted by Crippen LogP contribution is 2.22. The second-order valence-corrected chi connectivity index (χ2v) is 6.63. The lowest BCUT2D eigenvalue weighted by Gasteiger charge is -2.33. The summed E-state index contributed by atoms with van der Waals surface area (Å²) in [7, 11) is 0. The van der Waals surface area contributed by atoms with Gasteiger partial charge in [0.1, 0.15) is 0 Å². The van der Waals surface area contributed by atoms with Crippen molar-refractivity contribution in [3.05, 3.63) is 0 Å². The molecule has 0 aliphatic carbocycles. The van der Waals surface area contributed by atoms with Crippen molar-refractivity contribution in [2.24, 2.45) is 5.92 Å². The largest absolute Gasteiger partial charge is 0.312 e. The Morgan fingerprint density at radius 1 is 1.06 bits per heavy atom. The monoisotopic (exact) mass is 251 g/mol. The van der Waals surface area contributed by atoms with Crippen LogP contribution in [0.25, 0.3) is 0 Å². The van der Waals surface area contributed by atoms with Crippen molar-refractivity contribution in [3.8, 4) is 0 Å². The molecule has 0 amide bonds. The quantitative estimate of drug-likeness (QED) is 0.821. The lowest BCUT2D eigenvalue weighted by Crippen LogP contribution is -2.48. The Balaban J connectivity index is 1.46. The first-order chi connectivity index (χ1) is 8.83. The highest BCUT2D eigenvalue weighted by molar-refractivity contribution is 4.89. The number of likely N-dealkylation sites (tertiary alicyclic amines) is 2. The van der Waals surface area contributed by atoms with E-state index in [-0.39, 0.29) is 0 Å². The number of hydrogen-bond donors (Lipinski definition) is 1. The molecule has 0 radical (unpaired) electrons. The highest BCUT2D eigenvalue weighted by atomic mass is 15.3. The van der Waals surface area contributed by atoms with Crippen LogP contribution in [0.2, 0.25) is 0 Å². The molecular formula is C15H29N3. The van der Waals surface area contributed by atoms with Gasteiger partial charge in [-0.2, -0.15) is 0 Å². The SMILES string of the molecule is CC1CCCNC1CN1CCC(N2CCCC2)C1. The van der Waals surface area contributed by atoms with Crippen LogP contribution < -0.4 is 5.32 Å². The van der Waals surface area contributed by atoms with Gasteiger partial charge < -0.3 is 10.2 Å². The van der Waals surface area contributed by atoms with Gasteiger partial charge in [-0.3, -0.25) is 4.90 Å². The summed E-state index contributed by atoms with van der Waals surface area (Å²) in [6.45, 7) is 10.3. The van der Waals surface area contributed by atoms with Crippen LogP contribution in [0.4, 0.5) is 0 Å². The highest BCUT2D eigenvalue weighted by Gasteiger charge is 2.31. The molecule has 0 aromatic rings. The summed E-state index contributed by atoms with van der Waals surface area (Å²) >= 11 is 0. The van der Waals surface area contributed by atoms with Gasteiger partial charge in [0.15, 0.2) is 0 Å². The van der Waals surface area contributed by atoms with E-state index in [1.807, 2.05) is 0 Å². The molecular weight excluding hydrogens is 222 g/mol. The minimum atomic E-state index is 0.746. The van der Waals surface area contributed by atoms with Crippen LogP contribution in [-0.2, 0) is 0 Å². The van der Waals surface area contributed by atoms with Crippen LogP contribution in [0.3, 0.4) is 0 Å². The van der Waals surface area contributed by atoms with Crippen molar-refractivity contribution in [2.45, 2.75) is 51.1 Å². The molecule has 104 valence electrons. The van der Waals surface area contributed by atoms with Gasteiger partial charge in [-0.05, 0) is 64.2 Å². The van der Waals surface area contributed by atoms with Gasteiger partial charge in [0.05, 0.1) is 0 Å². The molecule has 1 N–H and O–H groups in total. The van der Waals surface area contributed by atoms with Crippen LogP contribution in [-0.4, -0.2) is 61.2 Å². The minimum Gasteiger partial charge on any atom is -0.312 e. The molecule has 0 aromatic heterocycles. The molecule has 3 unspecified atom stereocenters. The third-order valence-electron chi connectivity index (χ3n) is 5.29. The third kappa shape index (κ3) is 2.89. The van der Waals surface area contributed by atoms with Crippen molar-refractivity contribution in [2.75, 3.05) is 39.3 Å². The fourth-order valence-corrected chi connectivity index (χ4v) is 4.02. The Morgan fingerprint density at radius 3 is 2.67 bits per heavy atom. The molecule has 3 fully saturated rings. The molecule has 3 aliphatic rings. The van der Waals surface area contributed by atoms with Gasteiger partial charge in [0, 0.05) is 25.2 Å². The molecule has 0 saturated carbocycles. The normalized spacial score (nSPS) is 39.5. The summed E-state index contributed by atoms with van der Waals surface area (Å²) in [5.41, 5.74) is 0. The van der Waals surface area contributed by atoms with Crippen LogP contribution in [0, 0.1) is 5.92 Å². The third-order valence-corrected chi connectivity index (χ3v) is 5.29. The Bertz CT molecular complexity index is 262. The number of hydrogen-bond acceptors (Lipinski definition) is 3. The molecule has 3 aliphatic heterocycles. The molecule has 3 nitrogen and oxygen atoms in total. The van der Waals surface area contributed by atoms with Gasteiger partial charge in [0.25, 0.3) is 0 Å². The Labute approximate surface area is 112 Å². The zero-order valence-corrected chi connectivity index (χ0v) is 11.9. The first-order valence-electron chi connectivity index (χ1n) is 8.03. The van der Waals surface area contributed by atoms with Gasteiger partial charge in [-0.15, -0.1) is 0 Å². The topological polar surface area (TPSA) is 18.5 Å². The predicted molar refractivity (Wildman–Crippen MR) is 75.8 cm³/mol. The minimum absolute atomic E-state index is 0.746. The van der Waals surface area contributed by atoms with Gasteiger partial charge in [-0.1, -0.05) is 6.92 Å². The summed E-state index contributed by atoms with van der Waals surface area (Å²) in [4.78, 5) is 5.44. The summed E-state index contributed by atoms with van der Waals surface area (Å²) < 4.78 is 0. The van der Waals surface area contributed by atoms with Crippen LogP contribution in [0.1, 0.15) is 39.0 Å². The average molecular weight is 251 g/mol. The second kappa shape index (κ2) is 5.89. The van der Waals surface area contributed by atoms with Gasteiger partial charge in [0.2, 0.25) is 0 Å². The number of rotatable bonds is 3. The molecule has 0 spiro atoms. The van der Waals surface area contributed by atoms with Crippen LogP contribution in [0.5, 0.6) is 0 Å². The zero-order valence-electron chi connectivity index (χ0n) is 11.9. The van der Waals surface area contributed by atoms with Crippen LogP contribution in [0.15, 0.2) is 0 Å². The molecule has 3 heteroatoms. The fourth-order valence-electron chi connectivity index (χ4n) is 4.02. The number of piperidine rings is 1. The molecule has 3 saturated heterocycles. The first-order valence-corrected chi connectivity index (χ1v) is 8.03. The van der Waals surface area contributed by atoms with Gasteiger partial charge in [-0.25, -0.2) is 0 Å². The summed E-state index contributed by atoms with van der Waals surface area (Å²) in [5, 5.41) is 3.72. The standard InChI is InChI=1S/C15H29N3/c1-13-5-4-7-16-15(13)12-17-10-6-14(11-17)18-8-2-3-9-18/h13-16H,2-12H2,1H3. The predicted octanol–water partition coefficient (Wildman–Crippen LogP) is 1.54. The molecule has 0 bridgehead atoms. The van der Waals surface area contributed by atoms with E-state index in [2.05, 4.69) is 22.0 Å². The Kier molecular flexibility index (Phi) is 4.22. The van der Waals surface area contributed by atoms with E-state index in [0.717, 1.165) is 18.0 Å². The number of nitrogens with one attached hydrogen (secondary N) is 1. The van der Waals surface area contributed by atoms with E-state index in [0.29, 0.717) is 0 Å². The van der Waals surface area contributed by atoms with E-state index in [1.165, 1.54) is 71.4 Å². The summed E-state index contributed by atoms with van der Waals surface area (Å²) in [5.74, 6) is 0.865. The van der Waals surface area contributed by atoms with Gasteiger partial charge >= 0.3 is 0 Å². The second-order valence-electron chi connectivity index (χ2n) is 6.63. The van der Waals surface area contributed by atoms with Crippen molar-refractivity contribution in [1.29, 1.82) is 0 Å².